The summed E-state index contributed by atoms with van der Waals surface area (Å²) in [6.45, 7) is 0.567. The van der Waals surface area contributed by atoms with E-state index in [1.165, 1.54) is 22.7 Å². The molecule has 2 fully saturated rings. The van der Waals surface area contributed by atoms with Crippen molar-refractivity contribution in [3.8, 4) is 9.88 Å². The average molecular weight is 397 g/mol. The summed E-state index contributed by atoms with van der Waals surface area (Å²) < 4.78 is 0.704. The third kappa shape index (κ3) is 3.20. The van der Waals surface area contributed by atoms with E-state index >= 15 is 0 Å². The summed E-state index contributed by atoms with van der Waals surface area (Å²) in [6, 6.07) is 3.07. The Hall–Kier alpha value is -1.44. The molecule has 3 heterocycles. The zero-order valence-electron chi connectivity index (χ0n) is 13.4. The largest absolute Gasteiger partial charge is 0.480 e. The monoisotopic (exact) mass is 396 g/mol. The van der Waals surface area contributed by atoms with Crippen LogP contribution in [0.4, 0.5) is 0 Å². The molecular formula is C17H17ClN2O3S2. The van der Waals surface area contributed by atoms with Crippen LogP contribution in [-0.2, 0) is 16.0 Å². The molecule has 5 nitrogen and oxygen atoms in total. The van der Waals surface area contributed by atoms with E-state index in [0.717, 1.165) is 29.1 Å². The van der Waals surface area contributed by atoms with E-state index < -0.39 is 12.0 Å². The van der Waals surface area contributed by atoms with Gasteiger partial charge in [0.1, 0.15) is 11.0 Å². The molecule has 2 aromatic rings. The van der Waals surface area contributed by atoms with E-state index in [9.17, 15) is 14.7 Å². The van der Waals surface area contributed by atoms with Gasteiger partial charge in [0.05, 0.1) is 21.3 Å². The Morgan fingerprint density at radius 3 is 2.92 bits per heavy atom. The highest BCUT2D eigenvalue weighted by Crippen LogP contribution is 2.42. The molecule has 1 N–H and O–H groups in total. The molecule has 0 aromatic carbocycles. The van der Waals surface area contributed by atoms with Crippen molar-refractivity contribution in [2.45, 2.75) is 31.7 Å². The van der Waals surface area contributed by atoms with Gasteiger partial charge in [0.2, 0.25) is 5.91 Å². The molecule has 3 atom stereocenters. The van der Waals surface area contributed by atoms with Crippen molar-refractivity contribution in [2.24, 2.45) is 11.8 Å². The lowest BCUT2D eigenvalue weighted by Crippen LogP contribution is -2.44. The number of hydrogen-bond acceptors (Lipinski definition) is 5. The van der Waals surface area contributed by atoms with Crippen LogP contribution in [0, 0.1) is 11.8 Å². The SMILES string of the molecule is O=C(O)C1C2CCCC2CN1C(=O)Cc1csc(-c2ccc(Cl)s2)n1. The van der Waals surface area contributed by atoms with E-state index in [2.05, 4.69) is 4.98 Å². The number of carboxylic acid groups (broad SMARTS) is 1. The summed E-state index contributed by atoms with van der Waals surface area (Å²) in [5, 5.41) is 12.3. The van der Waals surface area contributed by atoms with Crippen molar-refractivity contribution >= 4 is 46.2 Å². The maximum absolute atomic E-state index is 12.7. The molecule has 2 aromatic heterocycles. The zero-order valence-corrected chi connectivity index (χ0v) is 15.7. The van der Waals surface area contributed by atoms with Crippen LogP contribution in [0.25, 0.3) is 9.88 Å². The molecule has 4 rings (SSSR count). The number of amides is 1. The molecule has 1 saturated heterocycles. The van der Waals surface area contributed by atoms with E-state index in [1.54, 1.807) is 4.90 Å². The van der Waals surface area contributed by atoms with Crippen molar-refractivity contribution < 1.29 is 14.7 Å². The Kier molecular flexibility index (Phi) is 4.56. The number of carboxylic acids is 1. The van der Waals surface area contributed by atoms with Crippen LogP contribution in [0.1, 0.15) is 25.0 Å². The number of thiophene rings is 1. The number of thiazole rings is 1. The number of aliphatic carboxylic acids is 1. The second-order valence-electron chi connectivity index (χ2n) is 6.61. The van der Waals surface area contributed by atoms with E-state index in [-0.39, 0.29) is 18.2 Å². The third-order valence-electron chi connectivity index (χ3n) is 5.13. The van der Waals surface area contributed by atoms with E-state index in [1.807, 2.05) is 17.5 Å². The summed E-state index contributed by atoms with van der Waals surface area (Å²) in [5.41, 5.74) is 0.690. The predicted octanol–water partition coefficient (Wildman–Crippen LogP) is 3.78. The first-order valence-electron chi connectivity index (χ1n) is 8.25. The Balaban J connectivity index is 1.48. The molecule has 0 radical (unpaired) electrons. The van der Waals surface area contributed by atoms with Crippen molar-refractivity contribution in [3.05, 3.63) is 27.5 Å². The van der Waals surface area contributed by atoms with Gasteiger partial charge in [-0.05, 0) is 36.8 Å². The fourth-order valence-corrected chi connectivity index (χ4v) is 6.00. The van der Waals surface area contributed by atoms with Gasteiger partial charge < -0.3 is 10.0 Å². The van der Waals surface area contributed by atoms with Crippen LogP contribution in [0.2, 0.25) is 4.34 Å². The number of nitrogens with zero attached hydrogens (tertiary/aromatic N) is 2. The number of halogens is 1. The molecule has 1 saturated carbocycles. The smallest absolute Gasteiger partial charge is 0.326 e. The lowest BCUT2D eigenvalue weighted by Gasteiger charge is -2.24. The molecule has 1 amide bonds. The number of aromatic nitrogens is 1. The summed E-state index contributed by atoms with van der Waals surface area (Å²) >= 11 is 8.89. The second kappa shape index (κ2) is 6.70. The number of rotatable bonds is 4. The molecule has 1 aliphatic heterocycles. The van der Waals surface area contributed by atoms with Gasteiger partial charge in [-0.2, -0.15) is 0 Å². The van der Waals surface area contributed by atoms with E-state index in [0.29, 0.717) is 22.5 Å². The highest BCUT2D eigenvalue weighted by atomic mass is 35.5. The third-order valence-corrected chi connectivity index (χ3v) is 7.42. The van der Waals surface area contributed by atoms with Gasteiger partial charge >= 0.3 is 5.97 Å². The van der Waals surface area contributed by atoms with Crippen LogP contribution in [0.3, 0.4) is 0 Å². The minimum absolute atomic E-state index is 0.112. The molecule has 25 heavy (non-hydrogen) atoms. The Morgan fingerprint density at radius 1 is 1.36 bits per heavy atom. The fraction of sp³-hybridized carbons (Fsp3) is 0.471. The van der Waals surface area contributed by atoms with Crippen molar-refractivity contribution in [1.29, 1.82) is 0 Å². The molecule has 1 aliphatic carbocycles. The topological polar surface area (TPSA) is 70.5 Å². The van der Waals surface area contributed by atoms with Crippen LogP contribution < -0.4 is 0 Å². The summed E-state index contributed by atoms with van der Waals surface area (Å²) in [5.74, 6) is -0.567. The van der Waals surface area contributed by atoms with Gasteiger partial charge in [-0.25, -0.2) is 9.78 Å². The Labute approximate surface area is 158 Å². The van der Waals surface area contributed by atoms with Crippen LogP contribution in [-0.4, -0.2) is 39.5 Å². The van der Waals surface area contributed by atoms with Crippen molar-refractivity contribution in [3.63, 3.8) is 0 Å². The number of fused-ring (bicyclic) bond motifs is 1. The maximum atomic E-state index is 12.7. The Bertz CT molecular complexity index is 818. The minimum Gasteiger partial charge on any atom is -0.480 e. The first kappa shape index (κ1) is 17.0. The zero-order chi connectivity index (χ0) is 17.6. The molecule has 3 unspecified atom stereocenters. The van der Waals surface area contributed by atoms with Gasteiger partial charge in [0.25, 0.3) is 0 Å². The average Bonchev–Trinajstić information content (AvgIpc) is 3.28. The number of likely N-dealkylation sites (tertiary alicyclic amines) is 1. The van der Waals surface area contributed by atoms with Crippen molar-refractivity contribution in [1.82, 2.24) is 9.88 Å². The number of hydrogen-bond donors (Lipinski definition) is 1. The fourth-order valence-electron chi connectivity index (χ4n) is 4.07. The molecule has 0 bridgehead atoms. The minimum atomic E-state index is -0.880. The van der Waals surface area contributed by atoms with Gasteiger partial charge in [-0.15, -0.1) is 22.7 Å². The Morgan fingerprint density at radius 2 is 2.20 bits per heavy atom. The van der Waals surface area contributed by atoms with Gasteiger partial charge in [-0.3, -0.25) is 4.79 Å². The summed E-state index contributed by atoms with van der Waals surface area (Å²) in [7, 11) is 0. The predicted molar refractivity (Wildman–Crippen MR) is 98.1 cm³/mol. The van der Waals surface area contributed by atoms with Gasteiger partial charge in [0.15, 0.2) is 0 Å². The first-order chi connectivity index (χ1) is 12.0. The normalized spacial score (nSPS) is 25.3. The number of carbonyl (C=O) groups is 2. The van der Waals surface area contributed by atoms with Crippen molar-refractivity contribution in [2.75, 3.05) is 6.54 Å². The molecule has 0 spiro atoms. The van der Waals surface area contributed by atoms with Crippen LogP contribution in [0.5, 0.6) is 0 Å². The highest BCUT2D eigenvalue weighted by molar-refractivity contribution is 7.23. The summed E-state index contributed by atoms with van der Waals surface area (Å²) in [6.07, 6.45) is 3.16. The van der Waals surface area contributed by atoms with Crippen LogP contribution in [0.15, 0.2) is 17.5 Å². The van der Waals surface area contributed by atoms with Crippen LogP contribution >= 0.6 is 34.3 Å². The second-order valence-corrected chi connectivity index (χ2v) is 9.18. The maximum Gasteiger partial charge on any atom is 0.326 e. The lowest BCUT2D eigenvalue weighted by molar-refractivity contribution is -0.149. The highest BCUT2D eigenvalue weighted by Gasteiger charge is 2.49. The lowest BCUT2D eigenvalue weighted by atomic mass is 9.94. The number of carbonyl (C=O) groups excluding carboxylic acids is 1. The summed E-state index contributed by atoms with van der Waals surface area (Å²) in [4.78, 5) is 31.5. The standard InChI is InChI=1S/C17H17ClN2O3S2/c18-13-5-4-12(25-13)16-19-10(8-24-16)6-14(21)20-7-9-2-1-3-11(9)15(20)17(22)23/h4-5,8-9,11,15H,1-3,6-7H2,(H,22,23). The molecule has 8 heteroatoms. The molecule has 2 aliphatic rings. The van der Waals surface area contributed by atoms with E-state index in [4.69, 9.17) is 11.6 Å². The van der Waals surface area contributed by atoms with Gasteiger partial charge in [-0.1, -0.05) is 18.0 Å². The van der Waals surface area contributed by atoms with Gasteiger partial charge in [0, 0.05) is 11.9 Å². The molecule has 132 valence electrons. The molecular weight excluding hydrogens is 380 g/mol. The quantitative estimate of drug-likeness (QED) is 0.853. The first-order valence-corrected chi connectivity index (χ1v) is 10.3.